The Hall–Kier alpha value is -0.610. The minimum absolute atomic E-state index is 0.000538. The summed E-state index contributed by atoms with van der Waals surface area (Å²) >= 11 is 0. The maximum Gasteiger partial charge on any atom is 0.339 e. The maximum atomic E-state index is 13.1. The molecule has 2 aliphatic carbocycles. The summed E-state index contributed by atoms with van der Waals surface area (Å²) in [6, 6.07) is 0.948. The van der Waals surface area contributed by atoms with Crippen LogP contribution in [0.15, 0.2) is 0 Å². The Kier molecular flexibility index (Phi) is 4.17. The highest BCUT2D eigenvalue weighted by Crippen LogP contribution is 2.46. The molecule has 2 saturated carbocycles. The monoisotopic (exact) mass is 321 g/mol. The average Bonchev–Trinajstić information content (AvgIpc) is 3.32. The van der Waals surface area contributed by atoms with Gasteiger partial charge in [0.25, 0.3) is 0 Å². The van der Waals surface area contributed by atoms with Gasteiger partial charge in [0.2, 0.25) is 0 Å². The number of hydrogen-bond donors (Lipinski definition) is 1. The minimum atomic E-state index is -1.21. The maximum absolute atomic E-state index is 13.1. The fourth-order valence-electron chi connectivity index (χ4n) is 5.96. The van der Waals surface area contributed by atoms with E-state index in [4.69, 9.17) is 4.74 Å². The van der Waals surface area contributed by atoms with Gasteiger partial charge in [-0.1, -0.05) is 25.7 Å². The summed E-state index contributed by atoms with van der Waals surface area (Å²) in [6.07, 6.45) is 11.8. The number of nitrogens with zero attached hydrogens (tertiary/aromatic N) is 1. The van der Waals surface area contributed by atoms with Crippen molar-refractivity contribution >= 4 is 5.97 Å². The lowest BCUT2D eigenvalue weighted by Crippen LogP contribution is -2.53. The van der Waals surface area contributed by atoms with E-state index in [0.717, 1.165) is 64.2 Å². The normalized spacial score (nSPS) is 36.2. The fraction of sp³-hybridized carbons (Fsp3) is 0.947. The number of carbonyl (C=O) groups excluding carboxylic acids is 1. The van der Waals surface area contributed by atoms with E-state index in [1.54, 1.807) is 0 Å². The molecular formula is C19H31NO3. The first kappa shape index (κ1) is 15.9. The SMILES string of the molecule is CN1C2CCC1C(OC(=O)C(O)(C1CCCC1)C1CCCC1)C2. The van der Waals surface area contributed by atoms with Crippen LogP contribution in [0.1, 0.15) is 70.6 Å². The lowest BCUT2D eigenvalue weighted by atomic mass is 9.75. The van der Waals surface area contributed by atoms with Crippen LogP contribution in [0.4, 0.5) is 0 Å². The van der Waals surface area contributed by atoms with Crippen molar-refractivity contribution in [3.63, 3.8) is 0 Å². The Morgan fingerprint density at radius 2 is 1.57 bits per heavy atom. The van der Waals surface area contributed by atoms with Gasteiger partial charge in [-0.3, -0.25) is 4.90 Å². The molecule has 2 saturated heterocycles. The summed E-state index contributed by atoms with van der Waals surface area (Å²) in [4.78, 5) is 15.5. The highest BCUT2D eigenvalue weighted by molar-refractivity contribution is 5.80. The molecule has 4 heteroatoms. The molecule has 0 radical (unpaired) electrons. The highest BCUT2D eigenvalue weighted by Gasteiger charge is 2.54. The molecule has 2 aliphatic heterocycles. The van der Waals surface area contributed by atoms with Gasteiger partial charge in [-0.25, -0.2) is 4.79 Å². The molecule has 4 fully saturated rings. The Labute approximate surface area is 139 Å². The van der Waals surface area contributed by atoms with Crippen LogP contribution >= 0.6 is 0 Å². The molecular weight excluding hydrogens is 290 g/mol. The predicted octanol–water partition coefficient (Wildman–Crippen LogP) is 2.88. The molecule has 0 spiro atoms. The molecule has 0 amide bonds. The van der Waals surface area contributed by atoms with Crippen LogP contribution < -0.4 is 0 Å². The molecule has 0 aromatic carbocycles. The Morgan fingerprint density at radius 1 is 1.00 bits per heavy atom. The number of carbonyl (C=O) groups is 1. The van der Waals surface area contributed by atoms with Crippen molar-refractivity contribution in [2.24, 2.45) is 11.8 Å². The predicted molar refractivity (Wildman–Crippen MR) is 87.9 cm³/mol. The second-order valence-electron chi connectivity index (χ2n) is 8.43. The van der Waals surface area contributed by atoms with Crippen LogP contribution in [-0.4, -0.2) is 46.8 Å². The van der Waals surface area contributed by atoms with E-state index in [2.05, 4.69) is 11.9 Å². The first-order chi connectivity index (χ1) is 11.1. The van der Waals surface area contributed by atoms with Gasteiger partial charge in [-0.2, -0.15) is 0 Å². The summed E-state index contributed by atoms with van der Waals surface area (Å²) in [6.45, 7) is 0. The van der Waals surface area contributed by atoms with E-state index >= 15 is 0 Å². The minimum Gasteiger partial charge on any atom is -0.458 e. The molecule has 1 N–H and O–H groups in total. The third-order valence-electron chi connectivity index (χ3n) is 7.37. The zero-order chi connectivity index (χ0) is 16.0. The quantitative estimate of drug-likeness (QED) is 0.809. The van der Waals surface area contributed by atoms with E-state index < -0.39 is 5.60 Å². The van der Waals surface area contributed by atoms with Crippen molar-refractivity contribution in [3.05, 3.63) is 0 Å². The van der Waals surface area contributed by atoms with Crippen molar-refractivity contribution in [1.29, 1.82) is 0 Å². The van der Waals surface area contributed by atoms with Crippen LogP contribution in [0.25, 0.3) is 0 Å². The van der Waals surface area contributed by atoms with Gasteiger partial charge in [-0.05, 0) is 57.4 Å². The van der Waals surface area contributed by atoms with E-state index in [9.17, 15) is 9.90 Å². The molecule has 130 valence electrons. The number of likely N-dealkylation sites (N-methyl/N-ethyl adjacent to an activating group) is 1. The second kappa shape index (κ2) is 6.03. The standard InChI is InChI=1S/C19H31NO3/c1-20-15-10-11-16(20)17(12-15)23-18(21)19(22,13-6-2-3-7-13)14-8-4-5-9-14/h13-17,22H,2-12H2,1H3. The Morgan fingerprint density at radius 3 is 2.00 bits per heavy atom. The number of fused-ring (bicyclic) bond motifs is 2. The highest BCUT2D eigenvalue weighted by atomic mass is 16.6. The zero-order valence-corrected chi connectivity index (χ0v) is 14.4. The topological polar surface area (TPSA) is 49.8 Å². The first-order valence-electron chi connectivity index (χ1n) is 9.76. The molecule has 2 bridgehead atoms. The largest absolute Gasteiger partial charge is 0.458 e. The third-order valence-corrected chi connectivity index (χ3v) is 7.37. The Bertz CT molecular complexity index is 438. The van der Waals surface area contributed by atoms with Gasteiger partial charge >= 0.3 is 5.97 Å². The smallest absolute Gasteiger partial charge is 0.339 e. The number of ether oxygens (including phenoxy) is 1. The van der Waals surface area contributed by atoms with Crippen LogP contribution in [0, 0.1) is 11.8 Å². The fourth-order valence-corrected chi connectivity index (χ4v) is 5.96. The molecule has 3 unspecified atom stereocenters. The summed E-state index contributed by atoms with van der Waals surface area (Å²) in [7, 11) is 2.15. The van der Waals surface area contributed by atoms with E-state index in [1.165, 1.54) is 6.42 Å². The molecule has 0 aromatic heterocycles. The lowest BCUT2D eigenvalue weighted by molar-refractivity contribution is -0.187. The van der Waals surface area contributed by atoms with Crippen molar-refractivity contribution in [2.75, 3.05) is 7.05 Å². The summed E-state index contributed by atoms with van der Waals surface area (Å²) in [5.41, 5.74) is -1.21. The van der Waals surface area contributed by atoms with Gasteiger partial charge in [0.1, 0.15) is 6.10 Å². The lowest BCUT2D eigenvalue weighted by Gasteiger charge is -2.38. The van der Waals surface area contributed by atoms with Crippen molar-refractivity contribution in [1.82, 2.24) is 4.90 Å². The molecule has 23 heavy (non-hydrogen) atoms. The van der Waals surface area contributed by atoms with Gasteiger partial charge in [0, 0.05) is 18.5 Å². The number of rotatable bonds is 4. The van der Waals surface area contributed by atoms with Crippen LogP contribution in [0.2, 0.25) is 0 Å². The van der Waals surface area contributed by atoms with Crippen LogP contribution in [0.5, 0.6) is 0 Å². The van der Waals surface area contributed by atoms with Gasteiger partial charge < -0.3 is 9.84 Å². The van der Waals surface area contributed by atoms with E-state index in [0.29, 0.717) is 12.1 Å². The summed E-state index contributed by atoms with van der Waals surface area (Å²) in [5.74, 6) is -0.0499. The van der Waals surface area contributed by atoms with Crippen molar-refractivity contribution < 1.29 is 14.6 Å². The number of hydrogen-bond acceptors (Lipinski definition) is 4. The van der Waals surface area contributed by atoms with Gasteiger partial charge in [0.05, 0.1) is 0 Å². The number of esters is 1. The van der Waals surface area contributed by atoms with Gasteiger partial charge in [0.15, 0.2) is 5.60 Å². The second-order valence-corrected chi connectivity index (χ2v) is 8.43. The van der Waals surface area contributed by atoms with E-state index in [1.807, 2.05) is 0 Å². The van der Waals surface area contributed by atoms with Crippen LogP contribution in [-0.2, 0) is 9.53 Å². The molecule has 4 nitrogen and oxygen atoms in total. The summed E-state index contributed by atoms with van der Waals surface area (Å²) in [5, 5.41) is 11.5. The van der Waals surface area contributed by atoms with Gasteiger partial charge in [-0.15, -0.1) is 0 Å². The van der Waals surface area contributed by atoms with Crippen LogP contribution in [0.3, 0.4) is 0 Å². The molecule has 4 rings (SSSR count). The average molecular weight is 321 g/mol. The molecule has 3 atom stereocenters. The number of aliphatic hydroxyl groups is 1. The summed E-state index contributed by atoms with van der Waals surface area (Å²) < 4.78 is 5.98. The zero-order valence-electron chi connectivity index (χ0n) is 14.4. The van der Waals surface area contributed by atoms with E-state index in [-0.39, 0.29) is 23.9 Å². The van der Waals surface area contributed by atoms with Crippen molar-refractivity contribution in [2.45, 2.75) is 94.4 Å². The van der Waals surface area contributed by atoms with Crippen molar-refractivity contribution in [3.8, 4) is 0 Å². The molecule has 0 aromatic rings. The molecule has 4 aliphatic rings. The Balaban J connectivity index is 1.50. The third kappa shape index (κ3) is 2.53. The molecule has 2 heterocycles. The first-order valence-corrected chi connectivity index (χ1v) is 9.76.